The van der Waals surface area contributed by atoms with E-state index < -0.39 is 0 Å². The van der Waals surface area contributed by atoms with Gasteiger partial charge < -0.3 is 11.1 Å². The molecule has 4 N–H and O–H groups in total. The number of likely N-dealkylation sites (N-methyl/N-ethyl adjacent to an activating group) is 1. The molecule has 1 rings (SSSR count). The summed E-state index contributed by atoms with van der Waals surface area (Å²) < 4.78 is 0. The van der Waals surface area contributed by atoms with Gasteiger partial charge in [0.05, 0.1) is 6.17 Å². The van der Waals surface area contributed by atoms with Crippen LogP contribution in [0.15, 0.2) is 23.9 Å². The summed E-state index contributed by atoms with van der Waals surface area (Å²) in [5.41, 5.74) is 6.88. The second-order valence-electron chi connectivity index (χ2n) is 2.72. The largest absolute Gasteiger partial charge is 0.372 e. The molecular formula is C8H15N3. The fraction of sp³-hybridized carbons (Fsp3) is 0.500. The zero-order chi connectivity index (χ0) is 8.27. The number of hydrogen-bond donors (Lipinski definition) is 3. The van der Waals surface area contributed by atoms with Gasteiger partial charge in [-0.05, 0) is 37.9 Å². The smallest absolute Gasteiger partial charge is 0.0960 e. The minimum Gasteiger partial charge on any atom is -0.372 e. The van der Waals surface area contributed by atoms with E-state index in [9.17, 15) is 0 Å². The molecule has 3 heteroatoms. The molecule has 0 bridgehead atoms. The number of dihydropyridines is 1. The molecule has 0 spiro atoms. The number of nitrogens with one attached hydrogen (secondary N) is 2. The summed E-state index contributed by atoms with van der Waals surface area (Å²) >= 11 is 0. The summed E-state index contributed by atoms with van der Waals surface area (Å²) in [4.78, 5) is 0. The molecule has 1 aliphatic heterocycles. The van der Waals surface area contributed by atoms with Crippen LogP contribution >= 0.6 is 0 Å². The van der Waals surface area contributed by atoms with Gasteiger partial charge in [0, 0.05) is 6.04 Å². The van der Waals surface area contributed by atoms with E-state index in [0.29, 0.717) is 0 Å². The first-order valence-electron chi connectivity index (χ1n) is 3.81. The maximum atomic E-state index is 5.71. The van der Waals surface area contributed by atoms with E-state index in [1.165, 1.54) is 5.57 Å². The van der Waals surface area contributed by atoms with E-state index in [2.05, 4.69) is 16.7 Å². The Balaban J connectivity index is 2.64. The average Bonchev–Trinajstić information content (AvgIpc) is 2.05. The summed E-state index contributed by atoms with van der Waals surface area (Å²) in [6, 6.07) is 0.115. The quantitative estimate of drug-likeness (QED) is 0.520. The van der Waals surface area contributed by atoms with Crippen molar-refractivity contribution < 1.29 is 0 Å². The third-order valence-corrected chi connectivity index (χ3v) is 1.75. The van der Waals surface area contributed by atoms with Gasteiger partial charge in [0.25, 0.3) is 0 Å². The standard InChI is InChI=1S/C8H15N3/c1-6(9)7-3-4-11-8(5-7)10-2/h3-6,8,10-11H,9H2,1-2H3. The Kier molecular flexibility index (Phi) is 2.68. The maximum Gasteiger partial charge on any atom is 0.0960 e. The van der Waals surface area contributed by atoms with Gasteiger partial charge in [-0.2, -0.15) is 0 Å². The Bertz CT molecular complexity index is 182. The Labute approximate surface area is 67.3 Å². The normalized spacial score (nSPS) is 25.7. The molecular weight excluding hydrogens is 138 g/mol. The average molecular weight is 153 g/mol. The van der Waals surface area contributed by atoms with Crippen molar-refractivity contribution in [1.29, 1.82) is 0 Å². The van der Waals surface area contributed by atoms with Crippen LogP contribution in [-0.2, 0) is 0 Å². The predicted molar refractivity (Wildman–Crippen MR) is 46.9 cm³/mol. The Morgan fingerprint density at radius 1 is 1.73 bits per heavy atom. The van der Waals surface area contributed by atoms with Crippen LogP contribution in [-0.4, -0.2) is 19.3 Å². The fourth-order valence-electron chi connectivity index (χ4n) is 1.01. The van der Waals surface area contributed by atoms with Crippen LogP contribution in [0, 0.1) is 0 Å². The molecule has 1 aliphatic rings. The van der Waals surface area contributed by atoms with Crippen molar-refractivity contribution in [2.75, 3.05) is 7.05 Å². The van der Waals surface area contributed by atoms with E-state index in [4.69, 9.17) is 5.73 Å². The topological polar surface area (TPSA) is 50.1 Å². The summed E-state index contributed by atoms with van der Waals surface area (Å²) in [6.07, 6.45) is 6.23. The highest BCUT2D eigenvalue weighted by Crippen LogP contribution is 2.05. The highest BCUT2D eigenvalue weighted by Gasteiger charge is 2.07. The molecule has 0 amide bonds. The summed E-state index contributed by atoms with van der Waals surface area (Å²) in [6.45, 7) is 1.98. The van der Waals surface area contributed by atoms with Gasteiger partial charge in [0.15, 0.2) is 0 Å². The predicted octanol–water partition coefficient (Wildman–Crippen LogP) is -0.0776. The fourth-order valence-corrected chi connectivity index (χ4v) is 1.01. The molecule has 0 saturated heterocycles. The highest BCUT2D eigenvalue weighted by atomic mass is 15.1. The summed E-state index contributed by atoms with van der Waals surface area (Å²) in [5.74, 6) is 0. The molecule has 0 saturated carbocycles. The van der Waals surface area contributed by atoms with Crippen LogP contribution in [0.2, 0.25) is 0 Å². The van der Waals surface area contributed by atoms with E-state index in [0.717, 1.165) is 0 Å². The summed E-state index contributed by atoms with van der Waals surface area (Å²) in [5, 5.41) is 6.22. The van der Waals surface area contributed by atoms with Crippen molar-refractivity contribution in [3.8, 4) is 0 Å². The minimum atomic E-state index is 0.115. The van der Waals surface area contributed by atoms with Crippen molar-refractivity contribution >= 4 is 0 Å². The van der Waals surface area contributed by atoms with Gasteiger partial charge in [0.2, 0.25) is 0 Å². The Morgan fingerprint density at radius 3 is 3.00 bits per heavy atom. The van der Waals surface area contributed by atoms with Crippen LogP contribution in [0.5, 0.6) is 0 Å². The lowest BCUT2D eigenvalue weighted by Crippen LogP contribution is -2.38. The van der Waals surface area contributed by atoms with Crippen LogP contribution < -0.4 is 16.4 Å². The SMILES string of the molecule is CNC1C=C(C(C)N)C=CN1. The van der Waals surface area contributed by atoms with E-state index in [1.54, 1.807) is 0 Å². The molecule has 0 fully saturated rings. The van der Waals surface area contributed by atoms with Crippen LogP contribution in [0.4, 0.5) is 0 Å². The van der Waals surface area contributed by atoms with Crippen molar-refractivity contribution in [2.24, 2.45) is 5.73 Å². The third kappa shape index (κ3) is 2.06. The molecule has 2 unspecified atom stereocenters. The van der Waals surface area contributed by atoms with Gasteiger partial charge in [-0.25, -0.2) is 0 Å². The molecule has 0 aromatic carbocycles. The van der Waals surface area contributed by atoms with Crippen LogP contribution in [0.25, 0.3) is 0 Å². The van der Waals surface area contributed by atoms with Crippen molar-refractivity contribution in [3.63, 3.8) is 0 Å². The minimum absolute atomic E-state index is 0.115. The molecule has 0 radical (unpaired) electrons. The van der Waals surface area contributed by atoms with E-state index in [-0.39, 0.29) is 12.2 Å². The first kappa shape index (κ1) is 8.30. The van der Waals surface area contributed by atoms with Crippen LogP contribution in [0.3, 0.4) is 0 Å². The summed E-state index contributed by atoms with van der Waals surface area (Å²) in [7, 11) is 1.91. The lowest BCUT2D eigenvalue weighted by Gasteiger charge is -2.19. The molecule has 1 heterocycles. The van der Waals surface area contributed by atoms with Gasteiger partial charge in [-0.1, -0.05) is 0 Å². The zero-order valence-electron chi connectivity index (χ0n) is 6.96. The zero-order valence-corrected chi connectivity index (χ0v) is 6.96. The third-order valence-electron chi connectivity index (χ3n) is 1.75. The van der Waals surface area contributed by atoms with Gasteiger partial charge in [-0.15, -0.1) is 0 Å². The van der Waals surface area contributed by atoms with Gasteiger partial charge in [-0.3, -0.25) is 5.32 Å². The molecule has 2 atom stereocenters. The number of hydrogen-bond acceptors (Lipinski definition) is 3. The first-order chi connectivity index (χ1) is 5.24. The molecule has 0 aliphatic carbocycles. The van der Waals surface area contributed by atoms with Crippen molar-refractivity contribution in [2.45, 2.75) is 19.1 Å². The Morgan fingerprint density at radius 2 is 2.45 bits per heavy atom. The van der Waals surface area contributed by atoms with Gasteiger partial charge in [0.1, 0.15) is 0 Å². The first-order valence-corrected chi connectivity index (χ1v) is 3.81. The van der Waals surface area contributed by atoms with Crippen LogP contribution in [0.1, 0.15) is 6.92 Å². The van der Waals surface area contributed by atoms with E-state index >= 15 is 0 Å². The Hall–Kier alpha value is -0.800. The highest BCUT2D eigenvalue weighted by molar-refractivity contribution is 5.28. The molecule has 3 nitrogen and oxygen atoms in total. The number of nitrogens with two attached hydrogens (primary N) is 1. The van der Waals surface area contributed by atoms with E-state index in [1.807, 2.05) is 26.2 Å². The number of rotatable bonds is 2. The van der Waals surface area contributed by atoms with Gasteiger partial charge >= 0.3 is 0 Å². The lowest BCUT2D eigenvalue weighted by atomic mass is 10.1. The van der Waals surface area contributed by atoms with Crippen molar-refractivity contribution in [1.82, 2.24) is 10.6 Å². The second-order valence-corrected chi connectivity index (χ2v) is 2.72. The second kappa shape index (κ2) is 3.55. The maximum absolute atomic E-state index is 5.71. The molecule has 0 aromatic heterocycles. The van der Waals surface area contributed by atoms with Crippen molar-refractivity contribution in [3.05, 3.63) is 23.9 Å². The lowest BCUT2D eigenvalue weighted by molar-refractivity contribution is 0.596. The molecule has 0 aromatic rings. The molecule has 62 valence electrons. The molecule has 11 heavy (non-hydrogen) atoms. The monoisotopic (exact) mass is 153 g/mol.